The smallest absolute Gasteiger partial charge is 0.241 e. The summed E-state index contributed by atoms with van der Waals surface area (Å²) in [6.45, 7) is 0.500. The SMILES string of the molecule is NCCCC(N)C(=O)Nc1ccc(Oc2ccc(S(=O)(=O)CC3CS3)cc2)cc1. The Balaban J connectivity index is 1.56. The molecule has 156 valence electrons. The second-order valence-corrected chi connectivity index (χ2v) is 10.2. The van der Waals surface area contributed by atoms with Gasteiger partial charge in [0.15, 0.2) is 9.84 Å². The number of nitrogens with one attached hydrogen (secondary N) is 1. The van der Waals surface area contributed by atoms with E-state index in [9.17, 15) is 13.2 Å². The first kappa shape index (κ1) is 21.6. The summed E-state index contributed by atoms with van der Waals surface area (Å²) in [5.74, 6) is 1.94. The molecule has 2 atom stereocenters. The standard InChI is InChI=1S/C20H25N3O4S2/c21-11-1-2-19(22)20(24)23-14-3-5-15(6-4-14)27-16-7-9-18(10-8-16)29(25,26)13-17-12-28-17/h3-10,17,19H,1-2,11-13,21-22H2,(H,23,24). The summed E-state index contributed by atoms with van der Waals surface area (Å²) in [6, 6.07) is 12.7. The molecule has 1 fully saturated rings. The molecule has 0 spiro atoms. The highest BCUT2D eigenvalue weighted by Crippen LogP contribution is 2.33. The molecule has 7 nitrogen and oxygen atoms in total. The van der Waals surface area contributed by atoms with Gasteiger partial charge in [0.2, 0.25) is 5.91 Å². The van der Waals surface area contributed by atoms with Gasteiger partial charge in [-0.1, -0.05) is 0 Å². The van der Waals surface area contributed by atoms with Gasteiger partial charge in [0, 0.05) is 16.7 Å². The number of carbonyl (C=O) groups excluding carboxylic acids is 1. The molecule has 2 aromatic carbocycles. The van der Waals surface area contributed by atoms with Gasteiger partial charge in [0.05, 0.1) is 16.7 Å². The Labute approximate surface area is 175 Å². The number of nitrogens with two attached hydrogens (primary N) is 2. The molecule has 0 aliphatic carbocycles. The molecule has 0 aromatic heterocycles. The van der Waals surface area contributed by atoms with Crippen LogP contribution in [-0.4, -0.2) is 43.7 Å². The maximum absolute atomic E-state index is 12.3. The highest BCUT2D eigenvalue weighted by atomic mass is 32.2. The molecule has 1 aliphatic heterocycles. The van der Waals surface area contributed by atoms with Crippen LogP contribution in [0.25, 0.3) is 0 Å². The van der Waals surface area contributed by atoms with E-state index in [0.29, 0.717) is 41.5 Å². The maximum atomic E-state index is 12.3. The molecule has 9 heteroatoms. The van der Waals surface area contributed by atoms with Gasteiger partial charge in [-0.2, -0.15) is 11.8 Å². The zero-order valence-corrected chi connectivity index (χ0v) is 17.5. The van der Waals surface area contributed by atoms with Crippen LogP contribution in [0.2, 0.25) is 0 Å². The van der Waals surface area contributed by atoms with Gasteiger partial charge in [0.1, 0.15) is 11.5 Å². The van der Waals surface area contributed by atoms with E-state index in [1.165, 1.54) is 0 Å². The summed E-state index contributed by atoms with van der Waals surface area (Å²) < 4.78 is 30.3. The van der Waals surface area contributed by atoms with E-state index in [1.807, 2.05) is 0 Å². The lowest BCUT2D eigenvalue weighted by molar-refractivity contribution is -0.117. The molecule has 3 rings (SSSR count). The maximum Gasteiger partial charge on any atom is 0.241 e. The zero-order valence-electron chi connectivity index (χ0n) is 15.9. The Kier molecular flexibility index (Phi) is 7.18. The minimum absolute atomic E-state index is 0.181. The van der Waals surface area contributed by atoms with Gasteiger partial charge in [-0.25, -0.2) is 8.42 Å². The summed E-state index contributed by atoms with van der Waals surface area (Å²) >= 11 is 1.66. The van der Waals surface area contributed by atoms with E-state index in [-0.39, 0.29) is 16.9 Å². The van der Waals surface area contributed by atoms with Crippen molar-refractivity contribution in [3.63, 3.8) is 0 Å². The normalized spacial score (nSPS) is 16.8. The first-order valence-corrected chi connectivity index (χ1v) is 12.1. The van der Waals surface area contributed by atoms with Crippen molar-refractivity contribution < 1.29 is 17.9 Å². The van der Waals surface area contributed by atoms with Crippen molar-refractivity contribution in [1.29, 1.82) is 0 Å². The van der Waals surface area contributed by atoms with Crippen molar-refractivity contribution in [2.45, 2.75) is 29.0 Å². The average molecular weight is 436 g/mol. The molecule has 0 bridgehead atoms. The van der Waals surface area contributed by atoms with Gasteiger partial charge in [0.25, 0.3) is 0 Å². The second-order valence-electron chi connectivity index (χ2n) is 6.86. The van der Waals surface area contributed by atoms with Crippen LogP contribution in [0.15, 0.2) is 53.4 Å². The summed E-state index contributed by atoms with van der Waals surface area (Å²) in [7, 11) is -3.25. The minimum atomic E-state index is -3.25. The van der Waals surface area contributed by atoms with Gasteiger partial charge >= 0.3 is 0 Å². The summed E-state index contributed by atoms with van der Waals surface area (Å²) in [5, 5.41) is 2.98. The average Bonchev–Trinajstić information content (AvgIpc) is 3.51. The molecule has 0 radical (unpaired) electrons. The lowest BCUT2D eigenvalue weighted by Crippen LogP contribution is -2.35. The fourth-order valence-corrected chi connectivity index (χ4v) is 5.34. The third-order valence-corrected chi connectivity index (χ3v) is 7.42. The fourth-order valence-electron chi connectivity index (χ4n) is 2.67. The van der Waals surface area contributed by atoms with E-state index >= 15 is 0 Å². The molecule has 1 aliphatic rings. The van der Waals surface area contributed by atoms with Crippen LogP contribution < -0.4 is 21.5 Å². The van der Waals surface area contributed by atoms with E-state index in [1.54, 1.807) is 60.3 Å². The van der Waals surface area contributed by atoms with Gasteiger partial charge < -0.3 is 21.5 Å². The number of thioether (sulfide) groups is 1. The third-order valence-electron chi connectivity index (χ3n) is 4.40. The van der Waals surface area contributed by atoms with Crippen LogP contribution in [0.1, 0.15) is 12.8 Å². The van der Waals surface area contributed by atoms with Crippen LogP contribution in [0.4, 0.5) is 5.69 Å². The molecule has 1 amide bonds. The van der Waals surface area contributed by atoms with Crippen LogP contribution >= 0.6 is 11.8 Å². The highest BCUT2D eigenvalue weighted by molar-refractivity contribution is 8.08. The van der Waals surface area contributed by atoms with Crippen molar-refractivity contribution in [1.82, 2.24) is 0 Å². The zero-order chi connectivity index (χ0) is 20.9. The van der Waals surface area contributed by atoms with Crippen LogP contribution in [0.5, 0.6) is 11.5 Å². The lowest BCUT2D eigenvalue weighted by Gasteiger charge is -2.12. The van der Waals surface area contributed by atoms with E-state index in [2.05, 4.69) is 5.32 Å². The van der Waals surface area contributed by atoms with Crippen molar-refractivity contribution in [3.8, 4) is 11.5 Å². The van der Waals surface area contributed by atoms with E-state index in [4.69, 9.17) is 16.2 Å². The quantitative estimate of drug-likeness (QED) is 0.489. The molecule has 2 aromatic rings. The fraction of sp³-hybridized carbons (Fsp3) is 0.350. The molecular formula is C20H25N3O4S2. The number of sulfone groups is 1. The van der Waals surface area contributed by atoms with Crippen LogP contribution in [-0.2, 0) is 14.6 Å². The van der Waals surface area contributed by atoms with E-state index < -0.39 is 15.9 Å². The molecule has 1 saturated heterocycles. The Hall–Kier alpha value is -2.07. The summed E-state index contributed by atoms with van der Waals surface area (Å²) in [4.78, 5) is 12.3. The van der Waals surface area contributed by atoms with Crippen molar-refractivity contribution in [3.05, 3.63) is 48.5 Å². The van der Waals surface area contributed by atoms with Gasteiger partial charge in [-0.05, 0) is 67.9 Å². The molecular weight excluding hydrogens is 410 g/mol. The first-order valence-electron chi connectivity index (χ1n) is 9.36. The number of amides is 1. The second kappa shape index (κ2) is 9.62. The number of rotatable bonds is 10. The summed E-state index contributed by atoms with van der Waals surface area (Å²) in [5.41, 5.74) is 11.9. The van der Waals surface area contributed by atoms with Crippen molar-refractivity contribution in [2.24, 2.45) is 11.5 Å². The number of carbonyl (C=O) groups is 1. The van der Waals surface area contributed by atoms with Crippen molar-refractivity contribution >= 4 is 33.2 Å². The predicted molar refractivity (Wildman–Crippen MR) is 116 cm³/mol. The predicted octanol–water partition coefficient (Wildman–Crippen LogP) is 2.37. The Morgan fingerprint density at radius 1 is 1.14 bits per heavy atom. The Bertz CT molecular complexity index is 927. The van der Waals surface area contributed by atoms with Crippen LogP contribution in [0.3, 0.4) is 0 Å². The first-order chi connectivity index (χ1) is 13.9. The number of anilines is 1. The third kappa shape index (κ3) is 6.46. The van der Waals surface area contributed by atoms with Crippen molar-refractivity contribution in [2.75, 3.05) is 23.4 Å². The van der Waals surface area contributed by atoms with E-state index in [0.717, 1.165) is 5.75 Å². The Morgan fingerprint density at radius 2 is 1.72 bits per heavy atom. The molecule has 2 unspecified atom stereocenters. The lowest BCUT2D eigenvalue weighted by atomic mass is 10.1. The summed E-state index contributed by atoms with van der Waals surface area (Å²) in [6.07, 6.45) is 1.23. The van der Waals surface area contributed by atoms with Gasteiger partial charge in [-0.15, -0.1) is 0 Å². The largest absolute Gasteiger partial charge is 0.457 e. The molecule has 29 heavy (non-hydrogen) atoms. The molecule has 0 saturated carbocycles. The molecule has 5 N–H and O–H groups in total. The number of benzene rings is 2. The molecule has 1 heterocycles. The topological polar surface area (TPSA) is 125 Å². The number of ether oxygens (including phenoxy) is 1. The monoisotopic (exact) mass is 435 g/mol. The van der Waals surface area contributed by atoms with Gasteiger partial charge in [-0.3, -0.25) is 4.79 Å². The number of hydrogen-bond donors (Lipinski definition) is 3. The Morgan fingerprint density at radius 3 is 2.28 bits per heavy atom. The minimum Gasteiger partial charge on any atom is -0.457 e. The number of hydrogen-bond acceptors (Lipinski definition) is 7. The van der Waals surface area contributed by atoms with Crippen LogP contribution in [0, 0.1) is 0 Å². The highest BCUT2D eigenvalue weighted by Gasteiger charge is 2.29.